The molecule has 0 aromatic heterocycles. The minimum atomic E-state index is 0.336. The number of fused-ring (bicyclic) bond motifs is 3. The van der Waals surface area contributed by atoms with Crippen molar-refractivity contribution < 1.29 is 0 Å². The number of hydrogen-bond donors (Lipinski definition) is 0. The van der Waals surface area contributed by atoms with E-state index in [1.165, 1.54) is 44.9 Å². The van der Waals surface area contributed by atoms with Gasteiger partial charge in [-0.1, -0.05) is 77.9 Å². The number of rotatable bonds is 5. The molecule has 0 heterocycles. The molecule has 2 heteroatoms. The van der Waals surface area contributed by atoms with Crippen molar-refractivity contribution in [1.82, 2.24) is 0 Å². The zero-order chi connectivity index (χ0) is 16.8. The molecule has 4 aliphatic rings. The molecule has 2 radical (unpaired) electrons. The fourth-order valence-electron chi connectivity index (χ4n) is 7.71. The lowest BCUT2D eigenvalue weighted by Gasteiger charge is -2.39. The van der Waals surface area contributed by atoms with Gasteiger partial charge in [-0.25, -0.2) is 0 Å². The van der Waals surface area contributed by atoms with E-state index >= 15 is 0 Å². The summed E-state index contributed by atoms with van der Waals surface area (Å²) in [5, 5.41) is 0.929. The van der Waals surface area contributed by atoms with E-state index in [1.807, 2.05) is 0 Å². The molecular formula is C21H36B2. The van der Waals surface area contributed by atoms with Crippen LogP contribution in [0, 0.1) is 21.7 Å². The second-order valence-corrected chi connectivity index (χ2v) is 11.4. The van der Waals surface area contributed by atoms with Crippen molar-refractivity contribution in [2.45, 2.75) is 110 Å². The van der Waals surface area contributed by atoms with Gasteiger partial charge in [0.1, 0.15) is 0 Å². The Morgan fingerprint density at radius 1 is 0.826 bits per heavy atom. The molecule has 0 saturated heterocycles. The predicted molar refractivity (Wildman–Crippen MR) is 102 cm³/mol. The predicted octanol–water partition coefficient (Wildman–Crippen LogP) is 6.26. The van der Waals surface area contributed by atoms with E-state index in [-0.39, 0.29) is 0 Å². The third-order valence-electron chi connectivity index (χ3n) is 9.27. The Kier molecular flexibility index (Phi) is 3.21. The zero-order valence-corrected chi connectivity index (χ0v) is 16.5. The first kappa shape index (κ1) is 16.6. The Bertz CT molecular complexity index is 518. The van der Waals surface area contributed by atoms with Crippen LogP contribution in [-0.2, 0) is 0 Å². The minimum absolute atomic E-state index is 0.336. The highest BCUT2D eigenvalue weighted by Gasteiger charge is 2.88. The van der Waals surface area contributed by atoms with Gasteiger partial charge in [-0.3, -0.25) is 0 Å². The van der Waals surface area contributed by atoms with E-state index in [4.69, 9.17) is 0 Å². The van der Waals surface area contributed by atoms with Crippen LogP contribution in [0.4, 0.5) is 0 Å². The van der Waals surface area contributed by atoms with Crippen LogP contribution >= 0.6 is 0 Å². The van der Waals surface area contributed by atoms with Crippen molar-refractivity contribution in [1.29, 1.82) is 0 Å². The minimum Gasteiger partial charge on any atom is -0.0744 e. The van der Waals surface area contributed by atoms with Gasteiger partial charge >= 0.3 is 0 Å². The summed E-state index contributed by atoms with van der Waals surface area (Å²) in [4.78, 5) is 0. The zero-order valence-electron chi connectivity index (χ0n) is 16.5. The Morgan fingerprint density at radius 3 is 2.13 bits per heavy atom. The molecule has 0 spiro atoms. The monoisotopic (exact) mass is 310 g/mol. The van der Waals surface area contributed by atoms with Crippen molar-refractivity contribution in [3.8, 4) is 0 Å². The van der Waals surface area contributed by atoms with Gasteiger partial charge in [-0.15, -0.1) is 0 Å². The third-order valence-corrected chi connectivity index (χ3v) is 9.27. The topological polar surface area (TPSA) is 0 Å². The molecule has 0 aromatic rings. The second-order valence-electron chi connectivity index (χ2n) is 11.4. The summed E-state index contributed by atoms with van der Waals surface area (Å²) >= 11 is 0. The van der Waals surface area contributed by atoms with E-state index in [9.17, 15) is 0 Å². The van der Waals surface area contributed by atoms with E-state index in [0.29, 0.717) is 26.9 Å². The first-order valence-corrected chi connectivity index (χ1v) is 10.3. The Morgan fingerprint density at radius 2 is 1.48 bits per heavy atom. The van der Waals surface area contributed by atoms with Crippen molar-refractivity contribution >= 4 is 14.3 Å². The molecule has 4 rings (SSSR count). The van der Waals surface area contributed by atoms with Crippen molar-refractivity contribution in [2.75, 3.05) is 0 Å². The first-order valence-electron chi connectivity index (χ1n) is 10.3. The second kappa shape index (κ2) is 4.45. The molecule has 0 amide bonds. The van der Waals surface area contributed by atoms with Crippen LogP contribution in [-0.4, -0.2) is 14.3 Å². The highest BCUT2D eigenvalue weighted by Crippen LogP contribution is 2.98. The molecule has 23 heavy (non-hydrogen) atoms. The average molecular weight is 310 g/mol. The molecule has 0 bridgehead atoms. The normalized spacial score (nSPS) is 47.9. The van der Waals surface area contributed by atoms with Crippen molar-refractivity contribution in [2.24, 2.45) is 21.7 Å². The van der Waals surface area contributed by atoms with Crippen LogP contribution in [0.25, 0.3) is 0 Å². The summed E-state index contributed by atoms with van der Waals surface area (Å²) < 4.78 is 0. The highest BCUT2D eigenvalue weighted by atomic mass is 14.9. The van der Waals surface area contributed by atoms with Gasteiger partial charge < -0.3 is 0 Å². The van der Waals surface area contributed by atoms with E-state index in [1.54, 1.807) is 12.8 Å². The van der Waals surface area contributed by atoms with E-state index < -0.39 is 0 Å². The van der Waals surface area contributed by atoms with Gasteiger partial charge in [0, 0.05) is 0 Å². The van der Waals surface area contributed by atoms with E-state index in [2.05, 4.69) is 55.9 Å². The summed E-state index contributed by atoms with van der Waals surface area (Å²) in [6, 6.07) is 0. The summed E-state index contributed by atoms with van der Waals surface area (Å²) in [6.45, 7) is 14.7. The Balaban J connectivity index is 1.62. The fraction of sp³-hybridized carbons (Fsp3) is 1.00. The van der Waals surface area contributed by atoms with Crippen LogP contribution in [0.3, 0.4) is 0 Å². The maximum Gasteiger partial charge on any atom is 0.0753 e. The summed E-state index contributed by atoms with van der Waals surface area (Å²) in [5.41, 5.74) is 2.66. The fourth-order valence-corrected chi connectivity index (χ4v) is 7.71. The van der Waals surface area contributed by atoms with Crippen LogP contribution < -0.4 is 0 Å². The molecule has 4 aliphatic carbocycles. The smallest absolute Gasteiger partial charge is 0.0744 e. The molecule has 0 N–H and O–H groups in total. The first-order chi connectivity index (χ1) is 10.6. The van der Waals surface area contributed by atoms with Crippen LogP contribution in [0.5, 0.6) is 0 Å². The van der Waals surface area contributed by atoms with Gasteiger partial charge in [-0.2, -0.15) is 0 Å². The average Bonchev–Trinajstić information content (AvgIpc) is 3.23. The molecule has 4 fully saturated rings. The molecular weight excluding hydrogens is 274 g/mol. The molecule has 4 unspecified atom stereocenters. The standard InChI is InChI=1S/C21H36B2/c1-7-17(5,6)18-10-8-11-19(18,14-18)20-12-9-13-21(20,15-20)23-22-16(2,3)4/h7-15H2,1-6H3. The molecule has 4 saturated carbocycles. The van der Waals surface area contributed by atoms with Crippen LogP contribution in [0.2, 0.25) is 10.6 Å². The SMILES string of the molecule is CCC(C)(C)C12CCCC1(C13CCCC1([B][B]C(C)(C)C)C3)C2. The number of hydrogen-bond acceptors (Lipinski definition) is 0. The summed E-state index contributed by atoms with van der Waals surface area (Å²) in [7, 11) is 5.25. The van der Waals surface area contributed by atoms with Gasteiger partial charge in [0.2, 0.25) is 0 Å². The van der Waals surface area contributed by atoms with Crippen LogP contribution in [0.15, 0.2) is 0 Å². The molecule has 0 aromatic carbocycles. The quantitative estimate of drug-likeness (QED) is 0.526. The van der Waals surface area contributed by atoms with Crippen LogP contribution in [0.1, 0.15) is 99.3 Å². The van der Waals surface area contributed by atoms with Crippen molar-refractivity contribution in [3.63, 3.8) is 0 Å². The van der Waals surface area contributed by atoms with Gasteiger partial charge in [0.15, 0.2) is 0 Å². The Hall–Kier alpha value is 0.130. The lowest BCUT2D eigenvalue weighted by atomic mass is 9.23. The van der Waals surface area contributed by atoms with Gasteiger partial charge in [-0.05, 0) is 53.8 Å². The molecule has 126 valence electrons. The highest BCUT2D eigenvalue weighted by molar-refractivity contribution is 7.03. The maximum atomic E-state index is 2.70. The molecule has 0 nitrogen and oxygen atoms in total. The van der Waals surface area contributed by atoms with E-state index in [0.717, 1.165) is 5.41 Å². The third kappa shape index (κ3) is 1.82. The largest absolute Gasteiger partial charge is 0.0753 e. The summed E-state index contributed by atoms with van der Waals surface area (Å²) in [6.07, 6.45) is 13.5. The van der Waals surface area contributed by atoms with Gasteiger partial charge in [0.05, 0.1) is 14.3 Å². The Labute approximate surface area is 146 Å². The summed E-state index contributed by atoms with van der Waals surface area (Å²) in [5.74, 6) is 0. The van der Waals surface area contributed by atoms with Crippen molar-refractivity contribution in [3.05, 3.63) is 0 Å². The lowest BCUT2D eigenvalue weighted by molar-refractivity contribution is 0.102. The van der Waals surface area contributed by atoms with Gasteiger partial charge in [0.25, 0.3) is 0 Å². The maximum absolute atomic E-state index is 2.70. The molecule has 4 atom stereocenters. The lowest BCUT2D eigenvalue weighted by Crippen LogP contribution is -2.33. The molecule has 0 aliphatic heterocycles.